The topological polar surface area (TPSA) is 133 Å². The Labute approximate surface area is 319 Å². The average Bonchev–Trinajstić information content (AvgIpc) is 3.66. The quantitative estimate of drug-likeness (QED) is 0.100. The molecule has 0 aliphatic rings. The molecule has 0 spiro atoms. The highest BCUT2D eigenvalue weighted by molar-refractivity contribution is 5.84. The van der Waals surface area contributed by atoms with Gasteiger partial charge in [-0.3, -0.25) is 15.0 Å². The van der Waals surface area contributed by atoms with Gasteiger partial charge in [-0.2, -0.15) is 19.9 Å². The van der Waals surface area contributed by atoms with Crippen molar-refractivity contribution in [1.82, 2.24) is 29.9 Å². The van der Waals surface area contributed by atoms with Crippen LogP contribution < -0.4 is 33.7 Å². The fraction of sp³-hybridized carbons (Fsp3) is 0.214. The number of methoxy groups -OCH3 is 5. The molecule has 13 heteroatoms. The summed E-state index contributed by atoms with van der Waals surface area (Å²) in [6.07, 6.45) is 6.95. The highest BCUT2D eigenvalue weighted by Crippen LogP contribution is 2.33. The second-order valence-corrected chi connectivity index (χ2v) is 12.5. The summed E-state index contributed by atoms with van der Waals surface area (Å²) >= 11 is 0. The maximum Gasteiger partial charge on any atom is 0.318 e. The van der Waals surface area contributed by atoms with Crippen LogP contribution in [0.1, 0.15) is 11.1 Å². The van der Waals surface area contributed by atoms with Gasteiger partial charge < -0.3 is 28.7 Å². The molecule has 4 aromatic heterocycles. The first-order valence-corrected chi connectivity index (χ1v) is 17.7. The van der Waals surface area contributed by atoms with Crippen molar-refractivity contribution in [2.24, 2.45) is 0 Å². The smallest absolute Gasteiger partial charge is 0.318 e. The van der Waals surface area contributed by atoms with Gasteiger partial charge in [-0.15, -0.1) is 0 Å². The summed E-state index contributed by atoms with van der Waals surface area (Å²) in [5.74, 6) is 3.38. The van der Waals surface area contributed by atoms with E-state index < -0.39 is 0 Å². The van der Waals surface area contributed by atoms with E-state index in [2.05, 4.69) is 32.1 Å². The van der Waals surface area contributed by atoms with Gasteiger partial charge in [-0.05, 0) is 72.5 Å². The standard InChI is InChI=1S/C42H42N8O5/c1-51-32-12-6-10-29(21-32)37-24-39(47-41(45-37)54-4)49(19-16-28-9-8-18-43-26-28)50(20-17-31-27-44-36-15-14-34(53-3)23-35(31)36)40-25-38(46-42(48-40)55-5)30-11-7-13-33(22-30)52-2/h6-15,18,21-27,44H,16-17,19-20H2,1-5H3. The van der Waals surface area contributed by atoms with Crippen molar-refractivity contribution in [3.63, 3.8) is 0 Å². The Morgan fingerprint density at radius 3 is 1.69 bits per heavy atom. The van der Waals surface area contributed by atoms with Gasteiger partial charge in [-0.25, -0.2) is 0 Å². The molecule has 0 atom stereocenters. The predicted octanol–water partition coefficient (Wildman–Crippen LogP) is 7.23. The molecule has 0 aliphatic heterocycles. The molecule has 0 saturated carbocycles. The summed E-state index contributed by atoms with van der Waals surface area (Å²) in [7, 11) is 8.08. The molecule has 0 unspecified atom stereocenters. The molecule has 4 heterocycles. The number of pyridine rings is 1. The summed E-state index contributed by atoms with van der Waals surface area (Å²) in [4.78, 5) is 27.2. The number of aromatic amines is 1. The molecule has 0 radical (unpaired) electrons. The third kappa shape index (κ3) is 8.36. The number of rotatable bonds is 16. The number of hydrazine groups is 1. The van der Waals surface area contributed by atoms with E-state index in [0.29, 0.717) is 60.5 Å². The fourth-order valence-corrected chi connectivity index (χ4v) is 6.35. The summed E-state index contributed by atoms with van der Waals surface area (Å²) in [6, 6.07) is 29.8. The zero-order valence-electron chi connectivity index (χ0n) is 31.4. The minimum atomic E-state index is 0.210. The van der Waals surface area contributed by atoms with E-state index in [1.807, 2.05) is 91.3 Å². The van der Waals surface area contributed by atoms with E-state index in [1.165, 1.54) is 0 Å². The molecule has 280 valence electrons. The van der Waals surface area contributed by atoms with Gasteiger partial charge >= 0.3 is 12.0 Å². The van der Waals surface area contributed by atoms with Crippen LogP contribution >= 0.6 is 0 Å². The molecule has 0 fully saturated rings. The molecule has 3 aromatic carbocycles. The molecule has 0 bridgehead atoms. The van der Waals surface area contributed by atoms with Crippen molar-refractivity contribution in [2.75, 3.05) is 58.7 Å². The Bertz CT molecular complexity index is 2370. The lowest BCUT2D eigenvalue weighted by Gasteiger charge is -2.37. The monoisotopic (exact) mass is 738 g/mol. The summed E-state index contributed by atoms with van der Waals surface area (Å²) in [5.41, 5.74) is 6.19. The number of aromatic nitrogens is 6. The molecule has 55 heavy (non-hydrogen) atoms. The Hall–Kier alpha value is -6.89. The predicted molar refractivity (Wildman–Crippen MR) is 212 cm³/mol. The molecule has 0 saturated heterocycles. The van der Waals surface area contributed by atoms with Gasteiger partial charge in [0.05, 0.1) is 46.9 Å². The number of ether oxygens (including phenoxy) is 5. The van der Waals surface area contributed by atoms with Crippen molar-refractivity contribution < 1.29 is 23.7 Å². The van der Waals surface area contributed by atoms with E-state index >= 15 is 0 Å². The number of fused-ring (bicyclic) bond motifs is 1. The van der Waals surface area contributed by atoms with Crippen LogP contribution in [-0.2, 0) is 12.8 Å². The van der Waals surface area contributed by atoms with Gasteiger partial charge in [0.1, 0.15) is 17.2 Å². The molecular formula is C42H42N8O5. The van der Waals surface area contributed by atoms with Crippen molar-refractivity contribution in [1.29, 1.82) is 0 Å². The van der Waals surface area contributed by atoms with Crippen molar-refractivity contribution in [3.05, 3.63) is 121 Å². The van der Waals surface area contributed by atoms with Crippen LogP contribution in [0.3, 0.4) is 0 Å². The Kier molecular flexibility index (Phi) is 11.2. The van der Waals surface area contributed by atoms with Crippen LogP contribution in [0.25, 0.3) is 33.4 Å². The van der Waals surface area contributed by atoms with Gasteiger partial charge in [0.15, 0.2) is 11.6 Å². The normalized spacial score (nSPS) is 10.9. The van der Waals surface area contributed by atoms with Crippen molar-refractivity contribution in [2.45, 2.75) is 12.8 Å². The Morgan fingerprint density at radius 2 is 1.15 bits per heavy atom. The molecule has 7 aromatic rings. The molecule has 13 nitrogen and oxygen atoms in total. The molecule has 0 aliphatic carbocycles. The highest BCUT2D eigenvalue weighted by atomic mass is 16.5. The minimum Gasteiger partial charge on any atom is -0.497 e. The maximum atomic E-state index is 5.72. The lowest BCUT2D eigenvalue weighted by atomic mass is 10.1. The zero-order valence-corrected chi connectivity index (χ0v) is 31.4. The number of anilines is 2. The number of nitrogens with zero attached hydrogens (tertiary/aromatic N) is 7. The van der Waals surface area contributed by atoms with E-state index in [1.54, 1.807) is 41.7 Å². The Morgan fingerprint density at radius 1 is 0.564 bits per heavy atom. The van der Waals surface area contributed by atoms with Crippen molar-refractivity contribution >= 4 is 22.5 Å². The van der Waals surface area contributed by atoms with Gasteiger partial charge in [0.25, 0.3) is 0 Å². The number of benzene rings is 3. The first-order valence-electron chi connectivity index (χ1n) is 17.7. The SMILES string of the molecule is COc1cccc(-c2cc(N(CCc3cccnc3)N(CCc3c[nH]c4ccc(OC)cc34)c3cc(-c4cccc(OC)c4)nc(OC)n3)nc(OC)n2)c1. The van der Waals surface area contributed by atoms with Crippen LogP contribution in [0.5, 0.6) is 29.3 Å². The van der Waals surface area contributed by atoms with E-state index in [0.717, 1.165) is 38.9 Å². The number of H-pyrrole nitrogens is 1. The third-order valence-corrected chi connectivity index (χ3v) is 9.20. The fourth-order valence-electron chi connectivity index (χ4n) is 6.35. The third-order valence-electron chi connectivity index (χ3n) is 9.20. The van der Waals surface area contributed by atoms with E-state index in [4.69, 9.17) is 43.6 Å². The lowest BCUT2D eigenvalue weighted by molar-refractivity contribution is 0.378. The molecule has 7 rings (SSSR count). The summed E-state index contributed by atoms with van der Waals surface area (Å²) in [5, 5.41) is 5.29. The summed E-state index contributed by atoms with van der Waals surface area (Å²) < 4.78 is 28.1. The Balaban J connectivity index is 1.40. The first kappa shape index (κ1) is 36.5. The first-order chi connectivity index (χ1) is 27.0. The van der Waals surface area contributed by atoms with Crippen LogP contribution in [0.4, 0.5) is 11.6 Å². The van der Waals surface area contributed by atoms with Crippen molar-refractivity contribution in [3.8, 4) is 51.8 Å². The van der Waals surface area contributed by atoms with Crippen LogP contribution in [0, 0.1) is 0 Å². The second kappa shape index (κ2) is 16.8. The number of nitrogens with one attached hydrogen (secondary N) is 1. The van der Waals surface area contributed by atoms with Crippen LogP contribution in [0.15, 0.2) is 110 Å². The van der Waals surface area contributed by atoms with E-state index in [-0.39, 0.29) is 12.0 Å². The molecule has 1 N–H and O–H groups in total. The lowest BCUT2D eigenvalue weighted by Crippen LogP contribution is -2.46. The minimum absolute atomic E-state index is 0.210. The second-order valence-electron chi connectivity index (χ2n) is 12.5. The van der Waals surface area contributed by atoms with Gasteiger partial charge in [0, 0.05) is 65.8 Å². The number of hydrogen-bond acceptors (Lipinski definition) is 12. The van der Waals surface area contributed by atoms with Crippen LogP contribution in [-0.4, -0.2) is 78.5 Å². The van der Waals surface area contributed by atoms with Gasteiger partial charge in [0.2, 0.25) is 0 Å². The highest BCUT2D eigenvalue weighted by Gasteiger charge is 2.25. The molecule has 0 amide bonds. The largest absolute Gasteiger partial charge is 0.497 e. The average molecular weight is 739 g/mol. The maximum absolute atomic E-state index is 5.72. The van der Waals surface area contributed by atoms with Gasteiger partial charge in [-0.1, -0.05) is 30.3 Å². The number of hydrogen-bond donors (Lipinski definition) is 1. The summed E-state index contributed by atoms with van der Waals surface area (Å²) in [6.45, 7) is 0.974. The van der Waals surface area contributed by atoms with E-state index in [9.17, 15) is 0 Å². The molecular weight excluding hydrogens is 697 g/mol. The van der Waals surface area contributed by atoms with Crippen LogP contribution in [0.2, 0.25) is 0 Å². The zero-order chi connectivity index (χ0) is 38.1.